The van der Waals surface area contributed by atoms with Crippen LogP contribution < -0.4 is 14.8 Å². The molecule has 1 aromatic carbocycles. The van der Waals surface area contributed by atoms with Crippen LogP contribution in [0.3, 0.4) is 0 Å². The lowest BCUT2D eigenvalue weighted by Crippen LogP contribution is -2.40. The highest BCUT2D eigenvalue weighted by atomic mass is 16.5. The number of piperidine rings is 1. The number of nitrogens with zero attached hydrogens (tertiary/aromatic N) is 1. The predicted molar refractivity (Wildman–Crippen MR) is 95.0 cm³/mol. The van der Waals surface area contributed by atoms with Gasteiger partial charge in [-0.25, -0.2) is 0 Å². The normalized spacial score (nSPS) is 20.0. The van der Waals surface area contributed by atoms with Gasteiger partial charge in [0.25, 0.3) is 0 Å². The van der Waals surface area contributed by atoms with Gasteiger partial charge >= 0.3 is 0 Å². The van der Waals surface area contributed by atoms with E-state index in [1.54, 1.807) is 11.8 Å². The molecule has 2 aliphatic heterocycles. The first-order valence-electron chi connectivity index (χ1n) is 9.00. The molecule has 3 rings (SSSR count). The number of anilines is 1. The highest BCUT2D eigenvalue weighted by Gasteiger charge is 2.28. The van der Waals surface area contributed by atoms with Gasteiger partial charge in [0, 0.05) is 44.0 Å². The van der Waals surface area contributed by atoms with E-state index in [4.69, 9.17) is 9.47 Å². The molecule has 1 unspecified atom stereocenters. The van der Waals surface area contributed by atoms with Crippen molar-refractivity contribution in [3.63, 3.8) is 0 Å². The van der Waals surface area contributed by atoms with Crippen molar-refractivity contribution in [2.24, 2.45) is 5.92 Å². The Balaban J connectivity index is 1.71. The van der Waals surface area contributed by atoms with Crippen LogP contribution in [0.15, 0.2) is 12.1 Å². The quantitative estimate of drug-likeness (QED) is 0.910. The summed E-state index contributed by atoms with van der Waals surface area (Å²) in [7, 11) is 0. The molecule has 1 atom stereocenters. The van der Waals surface area contributed by atoms with Crippen LogP contribution in [-0.2, 0) is 16.0 Å². The van der Waals surface area contributed by atoms with Crippen LogP contribution in [-0.4, -0.2) is 42.5 Å². The number of benzene rings is 1. The maximum atomic E-state index is 12.7. The predicted octanol–water partition coefficient (Wildman–Crippen LogP) is 2.61. The number of ether oxygens (including phenoxy) is 2. The maximum absolute atomic E-state index is 12.7. The third-order valence-electron chi connectivity index (χ3n) is 4.87. The second-order valence-corrected chi connectivity index (χ2v) is 6.79. The number of hydrogen-bond donors (Lipinski definition) is 1. The molecule has 0 aromatic heterocycles. The van der Waals surface area contributed by atoms with Gasteiger partial charge in [-0.3, -0.25) is 9.59 Å². The topological polar surface area (TPSA) is 67.9 Å². The van der Waals surface area contributed by atoms with Gasteiger partial charge in [-0.15, -0.1) is 0 Å². The Bertz CT molecular complexity index is 666. The van der Waals surface area contributed by atoms with Gasteiger partial charge in [0.05, 0.1) is 12.3 Å². The second kappa shape index (κ2) is 7.33. The number of carbonyl (C=O) groups is 2. The number of rotatable bonds is 4. The summed E-state index contributed by atoms with van der Waals surface area (Å²) >= 11 is 0. The van der Waals surface area contributed by atoms with Gasteiger partial charge in [-0.1, -0.05) is 0 Å². The van der Waals surface area contributed by atoms with Gasteiger partial charge in [0.2, 0.25) is 11.8 Å². The minimum atomic E-state index is -0.0850. The molecule has 0 aliphatic carbocycles. The van der Waals surface area contributed by atoms with Gasteiger partial charge in [0.1, 0.15) is 17.6 Å². The number of hydrogen-bond acceptors (Lipinski definition) is 4. The lowest BCUT2D eigenvalue weighted by Gasteiger charge is -2.30. The highest BCUT2D eigenvalue weighted by molar-refractivity contribution is 5.94. The molecular weight excluding hydrogens is 320 g/mol. The van der Waals surface area contributed by atoms with E-state index in [1.165, 1.54) is 0 Å². The van der Waals surface area contributed by atoms with Crippen molar-refractivity contribution in [3.05, 3.63) is 17.7 Å². The molecule has 2 aliphatic rings. The third kappa shape index (κ3) is 3.89. The van der Waals surface area contributed by atoms with E-state index in [9.17, 15) is 9.59 Å². The molecule has 0 bridgehead atoms. The van der Waals surface area contributed by atoms with Crippen molar-refractivity contribution in [1.82, 2.24) is 4.90 Å². The fraction of sp³-hybridized carbons (Fsp3) is 0.579. The van der Waals surface area contributed by atoms with Crippen molar-refractivity contribution in [3.8, 4) is 11.5 Å². The standard InChI is InChI=1S/C19H26N2O4/c1-4-24-18-10-15-9-12(2)25-17(15)11-16(18)20-19(23)14-5-7-21(8-6-14)13(3)22/h10-12,14H,4-9H2,1-3H3,(H,20,23). The van der Waals surface area contributed by atoms with Crippen LogP contribution in [0.25, 0.3) is 0 Å². The molecule has 0 spiro atoms. The Morgan fingerprint density at radius 3 is 2.68 bits per heavy atom. The van der Waals surface area contributed by atoms with E-state index in [1.807, 2.05) is 26.0 Å². The molecule has 25 heavy (non-hydrogen) atoms. The van der Waals surface area contributed by atoms with Crippen LogP contribution in [0.1, 0.15) is 39.2 Å². The lowest BCUT2D eigenvalue weighted by molar-refractivity contribution is -0.132. The van der Waals surface area contributed by atoms with Gasteiger partial charge in [-0.05, 0) is 32.8 Å². The van der Waals surface area contributed by atoms with Gasteiger partial charge in [0.15, 0.2) is 0 Å². The highest BCUT2D eigenvalue weighted by Crippen LogP contribution is 2.38. The van der Waals surface area contributed by atoms with Gasteiger partial charge in [-0.2, -0.15) is 0 Å². The Kier molecular flexibility index (Phi) is 5.16. The molecule has 6 heteroatoms. The fourth-order valence-electron chi connectivity index (χ4n) is 3.50. The van der Waals surface area contributed by atoms with Crippen molar-refractivity contribution in [2.45, 2.75) is 46.1 Å². The first-order valence-corrected chi connectivity index (χ1v) is 9.00. The summed E-state index contributed by atoms with van der Waals surface area (Å²) in [5.74, 6) is 1.47. The Labute approximate surface area is 148 Å². The number of carbonyl (C=O) groups excluding carboxylic acids is 2. The van der Waals surface area contributed by atoms with Crippen LogP contribution in [0.5, 0.6) is 11.5 Å². The van der Waals surface area contributed by atoms with Crippen LogP contribution in [0, 0.1) is 5.92 Å². The van der Waals surface area contributed by atoms with Crippen molar-refractivity contribution in [1.29, 1.82) is 0 Å². The second-order valence-electron chi connectivity index (χ2n) is 6.79. The van der Waals surface area contributed by atoms with E-state index in [0.717, 1.165) is 17.7 Å². The van der Waals surface area contributed by atoms with Crippen molar-refractivity contribution < 1.29 is 19.1 Å². The Morgan fingerprint density at radius 2 is 2.04 bits per heavy atom. The zero-order chi connectivity index (χ0) is 18.0. The molecule has 2 heterocycles. The summed E-state index contributed by atoms with van der Waals surface area (Å²) in [6, 6.07) is 3.84. The molecule has 0 radical (unpaired) electrons. The molecule has 1 fully saturated rings. The molecule has 1 saturated heterocycles. The number of likely N-dealkylation sites (tertiary alicyclic amines) is 1. The third-order valence-corrected chi connectivity index (χ3v) is 4.87. The zero-order valence-electron chi connectivity index (χ0n) is 15.1. The van der Waals surface area contributed by atoms with Crippen LogP contribution in [0.2, 0.25) is 0 Å². The monoisotopic (exact) mass is 346 g/mol. The number of nitrogens with one attached hydrogen (secondary N) is 1. The SMILES string of the molecule is CCOc1cc2c(cc1NC(=O)C1CCN(C(C)=O)CC1)OC(C)C2. The van der Waals surface area contributed by atoms with E-state index in [-0.39, 0.29) is 23.8 Å². The molecule has 136 valence electrons. The summed E-state index contributed by atoms with van der Waals surface area (Å²) in [6.45, 7) is 7.33. The van der Waals surface area contributed by atoms with E-state index in [2.05, 4.69) is 5.32 Å². The Morgan fingerprint density at radius 1 is 1.32 bits per heavy atom. The minimum Gasteiger partial charge on any atom is -0.492 e. The van der Waals surface area contributed by atoms with Gasteiger partial charge < -0.3 is 19.7 Å². The molecule has 1 N–H and O–H groups in total. The maximum Gasteiger partial charge on any atom is 0.227 e. The van der Waals surface area contributed by atoms with Crippen molar-refractivity contribution in [2.75, 3.05) is 25.0 Å². The zero-order valence-corrected chi connectivity index (χ0v) is 15.1. The number of amides is 2. The number of fused-ring (bicyclic) bond motifs is 1. The largest absolute Gasteiger partial charge is 0.492 e. The van der Waals surface area contributed by atoms with Crippen molar-refractivity contribution >= 4 is 17.5 Å². The van der Waals surface area contributed by atoms with E-state index >= 15 is 0 Å². The summed E-state index contributed by atoms with van der Waals surface area (Å²) in [6.07, 6.45) is 2.38. The molecule has 1 aromatic rings. The van der Waals surface area contributed by atoms with Crippen LogP contribution in [0.4, 0.5) is 5.69 Å². The lowest BCUT2D eigenvalue weighted by atomic mass is 9.95. The van der Waals surface area contributed by atoms with E-state index < -0.39 is 0 Å². The first kappa shape index (κ1) is 17.6. The summed E-state index contributed by atoms with van der Waals surface area (Å²) in [5.41, 5.74) is 1.78. The summed E-state index contributed by atoms with van der Waals surface area (Å²) < 4.78 is 11.5. The minimum absolute atomic E-state index is 0.0184. The smallest absolute Gasteiger partial charge is 0.227 e. The molecule has 2 amide bonds. The first-order chi connectivity index (χ1) is 12.0. The summed E-state index contributed by atoms with van der Waals surface area (Å²) in [4.78, 5) is 25.9. The molecular formula is C19H26N2O4. The average molecular weight is 346 g/mol. The molecule has 6 nitrogen and oxygen atoms in total. The fourth-order valence-corrected chi connectivity index (χ4v) is 3.50. The Hall–Kier alpha value is -2.24. The van der Waals surface area contributed by atoms with E-state index in [0.29, 0.717) is 44.0 Å². The van der Waals surface area contributed by atoms with Crippen LogP contribution >= 0.6 is 0 Å². The average Bonchev–Trinajstić information content (AvgIpc) is 2.94. The molecule has 0 saturated carbocycles. The summed E-state index contributed by atoms with van der Waals surface area (Å²) in [5, 5.41) is 3.01.